The van der Waals surface area contributed by atoms with Gasteiger partial charge in [0.15, 0.2) is 0 Å². The van der Waals surface area contributed by atoms with E-state index in [2.05, 4.69) is 0 Å². The lowest BCUT2D eigenvalue weighted by atomic mass is 10.1. The van der Waals surface area contributed by atoms with Crippen LogP contribution in [0.4, 0.5) is 0 Å². The van der Waals surface area contributed by atoms with Crippen LogP contribution in [0.2, 0.25) is 0 Å². The maximum Gasteiger partial charge on any atom is 0.331 e. The van der Waals surface area contributed by atoms with E-state index in [0.29, 0.717) is 0 Å². The Labute approximate surface area is 71.3 Å². The van der Waals surface area contributed by atoms with Crippen LogP contribution in [-0.4, -0.2) is 23.3 Å². The first-order chi connectivity index (χ1) is 5.74. The van der Waals surface area contributed by atoms with Gasteiger partial charge in [0, 0.05) is 6.08 Å². The van der Waals surface area contributed by atoms with Gasteiger partial charge in [0.05, 0.1) is 0 Å². The molecule has 0 unspecified atom stereocenters. The van der Waals surface area contributed by atoms with Crippen molar-refractivity contribution < 1.29 is 14.6 Å². The van der Waals surface area contributed by atoms with Gasteiger partial charge < -0.3 is 9.84 Å². The summed E-state index contributed by atoms with van der Waals surface area (Å²) in [4.78, 5) is 10.7. The highest BCUT2D eigenvalue weighted by atomic mass is 16.6. The average Bonchev–Trinajstić information content (AvgIpc) is 2.07. The molecule has 0 aliphatic carbocycles. The number of aliphatic hydroxyl groups is 1. The summed E-state index contributed by atoms with van der Waals surface area (Å²) in [6, 6.07) is 0. The highest BCUT2D eigenvalue weighted by Gasteiger charge is 2.21. The number of carbonyl (C=O) groups excluding carboxylic acids is 1. The molecule has 0 aromatic carbocycles. The van der Waals surface area contributed by atoms with Crippen LogP contribution in [0, 0.1) is 0 Å². The second-order valence-corrected chi connectivity index (χ2v) is 2.59. The number of aliphatic hydroxyl groups excluding tert-OH is 1. The molecule has 1 aliphatic rings. The van der Waals surface area contributed by atoms with E-state index in [9.17, 15) is 9.90 Å². The fourth-order valence-corrected chi connectivity index (χ4v) is 0.953. The molecule has 0 saturated carbocycles. The van der Waals surface area contributed by atoms with E-state index >= 15 is 0 Å². The van der Waals surface area contributed by atoms with E-state index in [1.807, 2.05) is 13.0 Å². The predicted octanol–water partition coefficient (Wildman–Crippen LogP) is 0.795. The molecule has 66 valence electrons. The SMILES string of the molecule is CC/C=C/[C@H]1OC(=O)C=C[C@H]1O. The lowest BCUT2D eigenvalue weighted by molar-refractivity contribution is -0.146. The molecule has 0 amide bonds. The fourth-order valence-electron chi connectivity index (χ4n) is 0.953. The molecule has 1 heterocycles. The van der Waals surface area contributed by atoms with Gasteiger partial charge in [0.25, 0.3) is 0 Å². The number of rotatable bonds is 2. The molecule has 1 aliphatic heterocycles. The summed E-state index contributed by atoms with van der Waals surface area (Å²) in [5, 5.41) is 9.30. The van der Waals surface area contributed by atoms with Crippen molar-refractivity contribution in [2.24, 2.45) is 0 Å². The first-order valence-corrected chi connectivity index (χ1v) is 3.97. The molecule has 0 bridgehead atoms. The number of esters is 1. The molecule has 1 N–H and O–H groups in total. The summed E-state index contributed by atoms with van der Waals surface area (Å²) in [7, 11) is 0. The topological polar surface area (TPSA) is 46.5 Å². The van der Waals surface area contributed by atoms with Crippen LogP contribution in [0.15, 0.2) is 24.3 Å². The molecular formula is C9H12O3. The third-order valence-corrected chi connectivity index (χ3v) is 1.58. The van der Waals surface area contributed by atoms with Gasteiger partial charge in [-0.3, -0.25) is 0 Å². The standard InChI is InChI=1S/C9H12O3/c1-2-3-4-8-7(10)5-6-9(11)12-8/h3-8,10H,2H2,1H3/b4-3+/t7-,8-/m1/s1. The van der Waals surface area contributed by atoms with Gasteiger partial charge in [-0.15, -0.1) is 0 Å². The fraction of sp³-hybridized carbons (Fsp3) is 0.444. The molecule has 12 heavy (non-hydrogen) atoms. The van der Waals surface area contributed by atoms with Crippen LogP contribution >= 0.6 is 0 Å². The predicted molar refractivity (Wildman–Crippen MR) is 44.5 cm³/mol. The van der Waals surface area contributed by atoms with Gasteiger partial charge in [-0.05, 0) is 18.6 Å². The monoisotopic (exact) mass is 168 g/mol. The highest BCUT2D eigenvalue weighted by molar-refractivity contribution is 5.83. The summed E-state index contributed by atoms with van der Waals surface area (Å²) in [6.07, 6.45) is 5.89. The smallest absolute Gasteiger partial charge is 0.331 e. The van der Waals surface area contributed by atoms with Crippen molar-refractivity contribution in [2.75, 3.05) is 0 Å². The van der Waals surface area contributed by atoms with E-state index < -0.39 is 18.2 Å². The van der Waals surface area contributed by atoms with Gasteiger partial charge in [0.1, 0.15) is 12.2 Å². The average molecular weight is 168 g/mol. The molecule has 0 spiro atoms. The second-order valence-electron chi connectivity index (χ2n) is 2.59. The molecule has 0 aromatic heterocycles. The van der Waals surface area contributed by atoms with Gasteiger partial charge in [-0.25, -0.2) is 4.79 Å². The number of carbonyl (C=O) groups is 1. The molecule has 0 saturated heterocycles. The lowest BCUT2D eigenvalue weighted by Crippen LogP contribution is -2.31. The summed E-state index contributed by atoms with van der Waals surface area (Å²) < 4.78 is 4.84. The van der Waals surface area contributed by atoms with Crippen molar-refractivity contribution in [2.45, 2.75) is 25.6 Å². The summed E-state index contributed by atoms with van der Waals surface area (Å²) >= 11 is 0. The molecule has 2 atom stereocenters. The Balaban J connectivity index is 2.59. The number of cyclic esters (lactones) is 1. The molecule has 0 radical (unpaired) electrons. The van der Waals surface area contributed by atoms with Crippen molar-refractivity contribution in [3.05, 3.63) is 24.3 Å². The normalized spacial score (nSPS) is 29.3. The van der Waals surface area contributed by atoms with Gasteiger partial charge in [-0.2, -0.15) is 0 Å². The van der Waals surface area contributed by atoms with Gasteiger partial charge in [-0.1, -0.05) is 13.0 Å². The first-order valence-electron chi connectivity index (χ1n) is 3.97. The Morgan fingerprint density at radius 1 is 1.75 bits per heavy atom. The molecule has 3 nitrogen and oxygen atoms in total. The number of hydrogen-bond acceptors (Lipinski definition) is 3. The van der Waals surface area contributed by atoms with Crippen LogP contribution in [-0.2, 0) is 9.53 Å². The first kappa shape index (κ1) is 9.00. The Hall–Kier alpha value is -1.09. The molecule has 3 heteroatoms. The van der Waals surface area contributed by atoms with Crippen molar-refractivity contribution in [1.82, 2.24) is 0 Å². The van der Waals surface area contributed by atoms with Crippen LogP contribution in [0.3, 0.4) is 0 Å². The van der Waals surface area contributed by atoms with E-state index in [0.717, 1.165) is 6.42 Å². The molecular weight excluding hydrogens is 156 g/mol. The van der Waals surface area contributed by atoms with Gasteiger partial charge >= 0.3 is 5.97 Å². The second kappa shape index (κ2) is 4.07. The van der Waals surface area contributed by atoms with Gasteiger partial charge in [0.2, 0.25) is 0 Å². The van der Waals surface area contributed by atoms with E-state index in [1.165, 1.54) is 12.2 Å². The van der Waals surface area contributed by atoms with Crippen LogP contribution in [0.1, 0.15) is 13.3 Å². The molecule has 0 fully saturated rings. The van der Waals surface area contributed by atoms with Crippen molar-refractivity contribution in [1.29, 1.82) is 0 Å². The Kier molecular flexibility index (Phi) is 3.05. The Morgan fingerprint density at radius 3 is 3.17 bits per heavy atom. The number of allylic oxidation sites excluding steroid dienone is 1. The zero-order chi connectivity index (χ0) is 8.97. The van der Waals surface area contributed by atoms with E-state index in [-0.39, 0.29) is 0 Å². The lowest BCUT2D eigenvalue weighted by Gasteiger charge is -2.20. The Bertz CT molecular complexity index is 218. The highest BCUT2D eigenvalue weighted by Crippen LogP contribution is 2.09. The molecule has 1 rings (SSSR count). The minimum atomic E-state index is -0.703. The minimum absolute atomic E-state index is 0.397. The van der Waals surface area contributed by atoms with E-state index in [4.69, 9.17) is 4.74 Å². The summed E-state index contributed by atoms with van der Waals surface area (Å²) in [6.45, 7) is 1.98. The van der Waals surface area contributed by atoms with Crippen LogP contribution in [0.5, 0.6) is 0 Å². The summed E-state index contributed by atoms with van der Waals surface area (Å²) in [5.74, 6) is -0.397. The number of ether oxygens (including phenoxy) is 1. The van der Waals surface area contributed by atoms with Crippen LogP contribution in [0.25, 0.3) is 0 Å². The zero-order valence-electron chi connectivity index (χ0n) is 6.93. The van der Waals surface area contributed by atoms with E-state index in [1.54, 1.807) is 6.08 Å². The van der Waals surface area contributed by atoms with Crippen molar-refractivity contribution >= 4 is 5.97 Å². The maximum absolute atomic E-state index is 10.7. The summed E-state index contributed by atoms with van der Waals surface area (Å²) in [5.41, 5.74) is 0. The third-order valence-electron chi connectivity index (χ3n) is 1.58. The third kappa shape index (κ3) is 2.20. The zero-order valence-corrected chi connectivity index (χ0v) is 6.93. The molecule has 0 aromatic rings. The van der Waals surface area contributed by atoms with Crippen molar-refractivity contribution in [3.63, 3.8) is 0 Å². The van der Waals surface area contributed by atoms with Crippen LogP contribution < -0.4 is 0 Å². The van der Waals surface area contributed by atoms with Crippen molar-refractivity contribution in [3.8, 4) is 0 Å². The quantitative estimate of drug-likeness (QED) is 0.490. The Morgan fingerprint density at radius 2 is 2.50 bits per heavy atom. The maximum atomic E-state index is 10.7. The minimum Gasteiger partial charge on any atom is -0.452 e. The number of hydrogen-bond donors (Lipinski definition) is 1. The largest absolute Gasteiger partial charge is 0.452 e.